The van der Waals surface area contributed by atoms with Crippen molar-refractivity contribution in [2.45, 2.75) is 81.1 Å². The van der Waals surface area contributed by atoms with Crippen LogP contribution >= 0.6 is 11.3 Å². The molecule has 2 heterocycles. The SMILES string of the molecule is COCCCN(CC1(O)CCC2C34C=CC5(C=C3C(=O)c3ccco3)CC(O)CCC5(C)C4CCC21C)S(=O)(=O)c1cccs1. The summed E-state index contributed by atoms with van der Waals surface area (Å²) in [6.45, 7) is 5.14. The zero-order valence-electron chi connectivity index (χ0n) is 26.4. The number of nitrogens with zero attached hydrogens (tertiary/aromatic N) is 1. The lowest BCUT2D eigenvalue weighted by atomic mass is 9.32. The Labute approximate surface area is 270 Å². The topological polar surface area (TPSA) is 117 Å². The fraction of sp³-hybridized carbons (Fsp3) is 0.629. The molecule has 0 saturated heterocycles. The minimum Gasteiger partial charge on any atom is -0.461 e. The number of aliphatic hydroxyl groups is 2. The number of ketones is 1. The third kappa shape index (κ3) is 4.28. The van der Waals surface area contributed by atoms with Gasteiger partial charge in [0.1, 0.15) is 4.21 Å². The predicted octanol–water partition coefficient (Wildman–Crippen LogP) is 5.84. The molecule has 2 aromatic heterocycles. The van der Waals surface area contributed by atoms with Crippen molar-refractivity contribution in [2.75, 3.05) is 26.8 Å². The highest BCUT2D eigenvalue weighted by Gasteiger charge is 2.74. The Kier molecular flexibility index (Phi) is 7.51. The van der Waals surface area contributed by atoms with E-state index in [9.17, 15) is 23.4 Å². The summed E-state index contributed by atoms with van der Waals surface area (Å²) < 4.78 is 40.5. The molecule has 8 nitrogen and oxygen atoms in total. The molecule has 2 bridgehead atoms. The van der Waals surface area contributed by atoms with Gasteiger partial charge < -0.3 is 19.4 Å². The van der Waals surface area contributed by atoms with Crippen molar-refractivity contribution in [3.8, 4) is 0 Å². The third-order valence-electron chi connectivity index (χ3n) is 13.0. The van der Waals surface area contributed by atoms with Gasteiger partial charge in [0, 0.05) is 48.6 Å². The summed E-state index contributed by atoms with van der Waals surface area (Å²) in [6, 6.07) is 6.81. The summed E-state index contributed by atoms with van der Waals surface area (Å²) in [6.07, 6.45) is 13.2. The maximum absolute atomic E-state index is 14.4. The Morgan fingerprint density at radius 2 is 1.84 bits per heavy atom. The number of thiophene rings is 1. The minimum absolute atomic E-state index is 0.00696. The highest BCUT2D eigenvalue weighted by molar-refractivity contribution is 7.91. The average Bonchev–Trinajstić information content (AvgIpc) is 3.79. The smallest absolute Gasteiger partial charge is 0.252 e. The Hall–Kier alpha value is -2.08. The highest BCUT2D eigenvalue weighted by Crippen LogP contribution is 2.78. The van der Waals surface area contributed by atoms with E-state index in [1.807, 2.05) is 0 Å². The van der Waals surface area contributed by atoms with E-state index in [0.29, 0.717) is 38.1 Å². The number of ether oxygens (including phenoxy) is 1. The van der Waals surface area contributed by atoms with Crippen LogP contribution in [-0.4, -0.2) is 67.2 Å². The second-order valence-electron chi connectivity index (χ2n) is 14.7. The number of hydrogen-bond acceptors (Lipinski definition) is 8. The van der Waals surface area contributed by atoms with Gasteiger partial charge in [0.25, 0.3) is 10.0 Å². The quantitative estimate of drug-likeness (QED) is 0.188. The molecule has 0 aromatic carbocycles. The van der Waals surface area contributed by atoms with Crippen LogP contribution in [0.2, 0.25) is 0 Å². The summed E-state index contributed by atoms with van der Waals surface area (Å²) in [7, 11) is -2.23. The lowest BCUT2D eigenvalue weighted by Gasteiger charge is -2.71. The number of Topliss-reactive ketones (excluding diaryl/α,β-unsaturated/α-hetero) is 1. The molecule has 8 atom stereocenters. The number of fused-ring (bicyclic) bond motifs is 1. The maximum Gasteiger partial charge on any atom is 0.252 e. The van der Waals surface area contributed by atoms with E-state index in [1.54, 1.807) is 36.8 Å². The predicted molar refractivity (Wildman–Crippen MR) is 171 cm³/mol. The molecule has 244 valence electrons. The average molecular weight is 656 g/mol. The van der Waals surface area contributed by atoms with E-state index < -0.39 is 38.0 Å². The van der Waals surface area contributed by atoms with Crippen LogP contribution in [0.1, 0.15) is 75.8 Å². The van der Waals surface area contributed by atoms with Gasteiger partial charge in [-0.1, -0.05) is 38.1 Å². The van der Waals surface area contributed by atoms with E-state index in [-0.39, 0.29) is 40.3 Å². The van der Waals surface area contributed by atoms with Crippen LogP contribution in [0.25, 0.3) is 0 Å². The molecule has 3 saturated carbocycles. The molecule has 6 aliphatic rings. The summed E-state index contributed by atoms with van der Waals surface area (Å²) in [5.74, 6) is 0.241. The standard InChI is InChI=1S/C35H45NO7S2/c1-31-12-9-24(37)21-33(31)15-16-35(25(22-33)30(38)26-7-4-19-43-26)27(31)10-13-32(2)28(35)11-14-34(32,39)23-36(17-6-18-42-3)45(40,41)29-8-5-20-44-29/h4-5,7-8,15-16,19-20,22,24,27-28,37,39H,6,9-14,17-18,21,23H2,1-3H3. The fourth-order valence-corrected chi connectivity index (χ4v) is 13.3. The van der Waals surface area contributed by atoms with Crippen LogP contribution < -0.4 is 0 Å². The number of rotatable bonds is 10. The van der Waals surface area contributed by atoms with Gasteiger partial charge in [-0.05, 0) is 92.2 Å². The van der Waals surface area contributed by atoms with E-state index >= 15 is 0 Å². The van der Waals surface area contributed by atoms with Crippen LogP contribution in [-0.2, 0) is 14.8 Å². The Morgan fingerprint density at radius 1 is 1.09 bits per heavy atom. The van der Waals surface area contributed by atoms with E-state index in [2.05, 4.69) is 32.1 Å². The number of carbonyl (C=O) groups is 1. The monoisotopic (exact) mass is 655 g/mol. The van der Waals surface area contributed by atoms with Crippen LogP contribution in [0.4, 0.5) is 0 Å². The van der Waals surface area contributed by atoms with Gasteiger partial charge >= 0.3 is 0 Å². The lowest BCUT2D eigenvalue weighted by Crippen LogP contribution is -2.67. The molecule has 6 aliphatic carbocycles. The van der Waals surface area contributed by atoms with Crippen molar-refractivity contribution in [2.24, 2.45) is 33.5 Å². The maximum atomic E-state index is 14.4. The second kappa shape index (κ2) is 10.7. The first-order valence-electron chi connectivity index (χ1n) is 16.3. The molecular weight excluding hydrogens is 611 g/mol. The molecule has 0 aliphatic heterocycles. The zero-order valence-corrected chi connectivity index (χ0v) is 28.0. The molecule has 2 N–H and O–H groups in total. The Balaban J connectivity index is 1.31. The van der Waals surface area contributed by atoms with E-state index in [1.165, 1.54) is 21.9 Å². The van der Waals surface area contributed by atoms with Gasteiger partial charge in [0.05, 0.1) is 18.0 Å². The fourth-order valence-electron chi connectivity index (χ4n) is 10.6. The normalized spacial score (nSPS) is 40.2. The molecule has 3 fully saturated rings. The summed E-state index contributed by atoms with van der Waals surface area (Å²) in [5, 5.41) is 25.4. The van der Waals surface area contributed by atoms with Crippen molar-refractivity contribution in [3.05, 3.63) is 65.5 Å². The second-order valence-corrected chi connectivity index (χ2v) is 17.8. The minimum atomic E-state index is -3.83. The molecule has 0 radical (unpaired) electrons. The first-order chi connectivity index (χ1) is 21.4. The molecule has 8 rings (SSSR count). The number of methoxy groups -OCH3 is 1. The molecule has 2 aromatic rings. The van der Waals surface area contributed by atoms with Gasteiger partial charge in [-0.15, -0.1) is 11.3 Å². The zero-order chi connectivity index (χ0) is 31.9. The molecule has 45 heavy (non-hydrogen) atoms. The van der Waals surface area contributed by atoms with Crippen LogP contribution in [0.15, 0.2) is 68.3 Å². The van der Waals surface area contributed by atoms with Crippen molar-refractivity contribution >= 4 is 27.1 Å². The number of furan rings is 1. The lowest BCUT2D eigenvalue weighted by molar-refractivity contribution is -0.173. The molecule has 8 unspecified atom stereocenters. The number of hydrogen-bond donors (Lipinski definition) is 2. The Morgan fingerprint density at radius 3 is 2.56 bits per heavy atom. The third-order valence-corrected chi connectivity index (χ3v) is 16.2. The molecular formula is C35H45NO7S2. The number of sulfonamides is 1. The highest BCUT2D eigenvalue weighted by atomic mass is 32.2. The summed E-state index contributed by atoms with van der Waals surface area (Å²) >= 11 is 1.19. The van der Waals surface area contributed by atoms with Gasteiger partial charge in [-0.2, -0.15) is 4.31 Å². The van der Waals surface area contributed by atoms with Crippen LogP contribution in [0.3, 0.4) is 0 Å². The van der Waals surface area contributed by atoms with Crippen molar-refractivity contribution < 1.29 is 32.6 Å². The first-order valence-corrected chi connectivity index (χ1v) is 18.6. The van der Waals surface area contributed by atoms with E-state index in [0.717, 1.165) is 31.3 Å². The van der Waals surface area contributed by atoms with Crippen molar-refractivity contribution in [1.82, 2.24) is 4.31 Å². The molecule has 0 amide bonds. The molecule has 10 heteroatoms. The van der Waals surface area contributed by atoms with Crippen molar-refractivity contribution in [1.29, 1.82) is 0 Å². The number of carbonyl (C=O) groups excluding carboxylic acids is 1. The Bertz CT molecular complexity index is 1620. The largest absolute Gasteiger partial charge is 0.461 e. The van der Waals surface area contributed by atoms with Gasteiger partial charge in [-0.3, -0.25) is 4.79 Å². The van der Waals surface area contributed by atoms with Gasteiger partial charge in [0.2, 0.25) is 5.78 Å². The van der Waals surface area contributed by atoms with Gasteiger partial charge in [-0.25, -0.2) is 8.42 Å². The molecule has 2 spiro atoms. The summed E-state index contributed by atoms with van der Waals surface area (Å²) in [4.78, 5) is 14.4. The van der Waals surface area contributed by atoms with Crippen LogP contribution in [0, 0.1) is 33.5 Å². The van der Waals surface area contributed by atoms with E-state index in [4.69, 9.17) is 9.15 Å². The van der Waals surface area contributed by atoms with Gasteiger partial charge in [0.15, 0.2) is 5.76 Å². The summed E-state index contributed by atoms with van der Waals surface area (Å²) in [5.41, 5.74) is -2.43. The van der Waals surface area contributed by atoms with Crippen molar-refractivity contribution in [3.63, 3.8) is 0 Å². The van der Waals surface area contributed by atoms with Crippen LogP contribution in [0.5, 0.6) is 0 Å². The number of aliphatic hydroxyl groups excluding tert-OH is 1. The first kappa shape index (κ1) is 31.5. The number of allylic oxidation sites excluding steroid dienone is 4.